The summed E-state index contributed by atoms with van der Waals surface area (Å²) in [7, 11) is 0. The minimum atomic E-state index is -0.437. The van der Waals surface area contributed by atoms with E-state index in [0.717, 1.165) is 11.2 Å². The van der Waals surface area contributed by atoms with E-state index in [1.165, 1.54) is 23.5 Å². The second-order valence-corrected chi connectivity index (χ2v) is 4.67. The van der Waals surface area contributed by atoms with Crippen LogP contribution in [0.15, 0.2) is 18.3 Å². The zero-order chi connectivity index (χ0) is 12.4. The van der Waals surface area contributed by atoms with Crippen molar-refractivity contribution in [3.63, 3.8) is 0 Å². The molecule has 6 heteroatoms. The van der Waals surface area contributed by atoms with Crippen LogP contribution in [0.25, 0.3) is 0 Å². The lowest BCUT2D eigenvalue weighted by Crippen LogP contribution is -2.12. The first-order valence-corrected chi connectivity index (χ1v) is 5.75. The Morgan fingerprint density at radius 1 is 1.41 bits per heavy atom. The van der Waals surface area contributed by atoms with Crippen molar-refractivity contribution in [1.82, 2.24) is 9.97 Å². The number of carbonyl (C=O) groups excluding carboxylic acids is 1. The molecule has 0 aliphatic carbocycles. The van der Waals surface area contributed by atoms with Crippen LogP contribution < -0.4 is 5.32 Å². The zero-order valence-electron chi connectivity index (χ0n) is 9.32. The standard InChI is InChI=1S/C11H10FN3OS/c1-6-10(17-7(2)14-6)11(16)15-9-4-3-8(12)5-13-9/h3-5H,1-2H3,(H,13,15,16). The molecule has 4 nitrogen and oxygen atoms in total. The van der Waals surface area contributed by atoms with Gasteiger partial charge in [-0.1, -0.05) is 0 Å². The number of hydrogen-bond donors (Lipinski definition) is 1. The number of pyridine rings is 1. The maximum absolute atomic E-state index is 12.6. The maximum Gasteiger partial charge on any atom is 0.268 e. The Hall–Kier alpha value is -1.82. The number of amides is 1. The summed E-state index contributed by atoms with van der Waals surface area (Å²) in [4.78, 5) is 20.3. The van der Waals surface area contributed by atoms with Crippen molar-refractivity contribution >= 4 is 23.1 Å². The summed E-state index contributed by atoms with van der Waals surface area (Å²) in [5.41, 5.74) is 0.687. The minimum Gasteiger partial charge on any atom is -0.306 e. The van der Waals surface area contributed by atoms with Crippen LogP contribution in [-0.2, 0) is 0 Å². The molecule has 88 valence electrons. The average molecular weight is 251 g/mol. The van der Waals surface area contributed by atoms with Gasteiger partial charge in [0.15, 0.2) is 0 Å². The molecule has 2 aromatic heterocycles. The van der Waals surface area contributed by atoms with Gasteiger partial charge < -0.3 is 5.32 Å². The molecule has 0 aromatic carbocycles. The molecule has 2 rings (SSSR count). The molecule has 17 heavy (non-hydrogen) atoms. The third-order valence-corrected chi connectivity index (χ3v) is 3.15. The predicted octanol–water partition coefficient (Wildman–Crippen LogP) is 2.55. The third kappa shape index (κ3) is 2.65. The van der Waals surface area contributed by atoms with Crippen LogP contribution in [0.3, 0.4) is 0 Å². The van der Waals surface area contributed by atoms with Crippen LogP contribution in [0.5, 0.6) is 0 Å². The molecule has 0 aliphatic heterocycles. The van der Waals surface area contributed by atoms with Gasteiger partial charge in [0.05, 0.1) is 16.9 Å². The normalized spacial score (nSPS) is 10.3. The Balaban J connectivity index is 2.17. The van der Waals surface area contributed by atoms with Crippen LogP contribution in [0.2, 0.25) is 0 Å². The number of nitrogens with zero attached hydrogens (tertiary/aromatic N) is 2. The van der Waals surface area contributed by atoms with Gasteiger partial charge in [-0.3, -0.25) is 4.79 Å². The number of hydrogen-bond acceptors (Lipinski definition) is 4. The topological polar surface area (TPSA) is 54.9 Å². The maximum atomic E-state index is 12.6. The summed E-state index contributed by atoms with van der Waals surface area (Å²) in [6.45, 7) is 3.61. The van der Waals surface area contributed by atoms with Crippen molar-refractivity contribution in [3.05, 3.63) is 39.7 Å². The number of rotatable bonds is 2. The van der Waals surface area contributed by atoms with Crippen molar-refractivity contribution in [3.8, 4) is 0 Å². The van der Waals surface area contributed by atoms with E-state index in [1.807, 2.05) is 6.92 Å². The van der Waals surface area contributed by atoms with Crippen molar-refractivity contribution in [2.45, 2.75) is 13.8 Å². The SMILES string of the molecule is Cc1nc(C)c(C(=O)Nc2ccc(F)cn2)s1. The highest BCUT2D eigenvalue weighted by Gasteiger charge is 2.14. The van der Waals surface area contributed by atoms with E-state index in [-0.39, 0.29) is 5.91 Å². The van der Waals surface area contributed by atoms with Crippen LogP contribution >= 0.6 is 11.3 Å². The fraction of sp³-hybridized carbons (Fsp3) is 0.182. The quantitative estimate of drug-likeness (QED) is 0.892. The lowest BCUT2D eigenvalue weighted by molar-refractivity contribution is 0.102. The monoisotopic (exact) mass is 251 g/mol. The van der Waals surface area contributed by atoms with Crippen molar-refractivity contribution in [2.75, 3.05) is 5.32 Å². The summed E-state index contributed by atoms with van der Waals surface area (Å²) in [6, 6.07) is 2.66. The molecule has 1 amide bonds. The van der Waals surface area contributed by atoms with Gasteiger partial charge in [0.25, 0.3) is 5.91 Å². The molecule has 0 saturated heterocycles. The second kappa shape index (κ2) is 4.58. The number of anilines is 1. The van der Waals surface area contributed by atoms with Crippen molar-refractivity contribution in [1.29, 1.82) is 0 Å². The number of halogens is 1. The van der Waals surface area contributed by atoms with Gasteiger partial charge in [0, 0.05) is 0 Å². The predicted molar refractivity (Wildman–Crippen MR) is 63.7 cm³/mol. The highest BCUT2D eigenvalue weighted by atomic mass is 32.1. The number of aromatic nitrogens is 2. The minimum absolute atomic E-state index is 0.271. The molecule has 0 fully saturated rings. The summed E-state index contributed by atoms with van der Waals surface area (Å²) in [6.07, 6.45) is 1.06. The lowest BCUT2D eigenvalue weighted by atomic mass is 10.3. The summed E-state index contributed by atoms with van der Waals surface area (Å²) < 4.78 is 12.6. The van der Waals surface area contributed by atoms with Gasteiger partial charge in [0.1, 0.15) is 16.5 Å². The summed E-state index contributed by atoms with van der Waals surface area (Å²) in [5, 5.41) is 3.43. The fourth-order valence-corrected chi connectivity index (χ4v) is 2.18. The van der Waals surface area contributed by atoms with E-state index in [1.54, 1.807) is 6.92 Å². The average Bonchev–Trinajstić information content (AvgIpc) is 2.61. The molecule has 2 aromatic rings. The fourth-order valence-electron chi connectivity index (χ4n) is 1.36. The number of thiazole rings is 1. The Bertz CT molecular complexity index is 550. The number of carbonyl (C=O) groups is 1. The molecule has 0 unspecified atom stereocenters. The van der Waals surface area contributed by atoms with Gasteiger partial charge in [0.2, 0.25) is 0 Å². The molecule has 0 atom stereocenters. The summed E-state index contributed by atoms with van der Waals surface area (Å²) in [5.74, 6) is -0.387. The van der Waals surface area contributed by atoms with Crippen LogP contribution in [0.4, 0.5) is 10.2 Å². The van der Waals surface area contributed by atoms with Gasteiger partial charge in [-0.2, -0.15) is 0 Å². The number of aryl methyl sites for hydroxylation is 2. The molecule has 0 aliphatic rings. The van der Waals surface area contributed by atoms with Gasteiger partial charge in [-0.15, -0.1) is 11.3 Å². The van der Waals surface area contributed by atoms with Crippen molar-refractivity contribution in [2.24, 2.45) is 0 Å². The Morgan fingerprint density at radius 3 is 2.71 bits per heavy atom. The molecule has 0 radical (unpaired) electrons. The first-order valence-electron chi connectivity index (χ1n) is 4.93. The molecular formula is C11H10FN3OS. The van der Waals surface area contributed by atoms with Crippen molar-refractivity contribution < 1.29 is 9.18 Å². The highest BCUT2D eigenvalue weighted by molar-refractivity contribution is 7.13. The first-order chi connectivity index (χ1) is 8.06. The molecule has 0 bridgehead atoms. The van der Waals surface area contributed by atoms with Crippen LogP contribution in [-0.4, -0.2) is 15.9 Å². The Labute approximate surface area is 102 Å². The zero-order valence-corrected chi connectivity index (χ0v) is 10.1. The smallest absolute Gasteiger partial charge is 0.268 e. The van der Waals surface area contributed by atoms with Crippen LogP contribution in [0, 0.1) is 19.7 Å². The third-order valence-electron chi connectivity index (χ3n) is 2.08. The summed E-state index contributed by atoms with van der Waals surface area (Å²) >= 11 is 1.32. The second-order valence-electron chi connectivity index (χ2n) is 3.46. The van der Waals surface area contributed by atoms with Gasteiger partial charge in [-0.25, -0.2) is 14.4 Å². The first kappa shape index (κ1) is 11.7. The van der Waals surface area contributed by atoms with E-state index in [4.69, 9.17) is 0 Å². The van der Waals surface area contributed by atoms with E-state index in [9.17, 15) is 9.18 Å². The molecule has 2 heterocycles. The van der Waals surface area contributed by atoms with Gasteiger partial charge in [-0.05, 0) is 26.0 Å². The van der Waals surface area contributed by atoms with Gasteiger partial charge >= 0.3 is 0 Å². The molecule has 0 saturated carbocycles. The lowest BCUT2D eigenvalue weighted by Gasteiger charge is -2.02. The highest BCUT2D eigenvalue weighted by Crippen LogP contribution is 2.18. The Morgan fingerprint density at radius 2 is 2.18 bits per heavy atom. The van der Waals surface area contributed by atoms with E-state index in [2.05, 4.69) is 15.3 Å². The van der Waals surface area contributed by atoms with E-state index >= 15 is 0 Å². The van der Waals surface area contributed by atoms with E-state index < -0.39 is 5.82 Å². The largest absolute Gasteiger partial charge is 0.306 e. The van der Waals surface area contributed by atoms with Crippen LogP contribution in [0.1, 0.15) is 20.4 Å². The Kier molecular flexibility index (Phi) is 3.14. The molecular weight excluding hydrogens is 241 g/mol. The number of nitrogens with one attached hydrogen (secondary N) is 1. The molecule has 0 spiro atoms. The molecule has 1 N–H and O–H groups in total. The van der Waals surface area contributed by atoms with E-state index in [0.29, 0.717) is 16.4 Å².